The zero-order valence-electron chi connectivity index (χ0n) is 18.3. The molecule has 3 aromatic rings. The molecule has 0 aromatic heterocycles. The Morgan fingerprint density at radius 2 is 1.82 bits per heavy atom. The first-order valence-electron chi connectivity index (χ1n) is 10.5. The van der Waals surface area contributed by atoms with Gasteiger partial charge >= 0.3 is 5.69 Å². The Morgan fingerprint density at radius 3 is 2.53 bits per heavy atom. The maximum atomic E-state index is 12.4. The summed E-state index contributed by atoms with van der Waals surface area (Å²) in [6, 6.07) is 21.2. The van der Waals surface area contributed by atoms with Crippen LogP contribution in [0.5, 0.6) is 11.5 Å². The maximum Gasteiger partial charge on any atom is 0.311 e. The highest BCUT2D eigenvalue weighted by Gasteiger charge is 2.24. The first-order valence-corrected chi connectivity index (χ1v) is 11.3. The Bertz CT molecular complexity index is 1260. The highest BCUT2D eigenvalue weighted by atomic mass is 32.2. The Balaban J connectivity index is 1.49. The third-order valence-electron chi connectivity index (χ3n) is 4.74. The van der Waals surface area contributed by atoms with E-state index in [1.54, 1.807) is 30.3 Å². The summed E-state index contributed by atoms with van der Waals surface area (Å²) >= 11 is 1.17. The number of thioether (sulfide) groups is 1. The van der Waals surface area contributed by atoms with Gasteiger partial charge < -0.3 is 14.8 Å². The number of benzene rings is 3. The molecule has 0 spiro atoms. The predicted molar refractivity (Wildman–Crippen MR) is 132 cm³/mol. The van der Waals surface area contributed by atoms with E-state index >= 15 is 0 Å². The van der Waals surface area contributed by atoms with Gasteiger partial charge in [-0.05, 0) is 66.2 Å². The lowest BCUT2D eigenvalue weighted by Gasteiger charge is -2.07. The Hall–Kier alpha value is -4.11. The summed E-state index contributed by atoms with van der Waals surface area (Å²) < 4.78 is 11.1. The molecule has 1 aliphatic heterocycles. The van der Waals surface area contributed by atoms with E-state index in [-0.39, 0.29) is 24.0 Å². The monoisotopic (exact) mass is 475 g/mol. The molecule has 172 valence electrons. The smallest absolute Gasteiger partial charge is 0.311 e. The fourth-order valence-electron chi connectivity index (χ4n) is 3.16. The second-order valence-electron chi connectivity index (χ2n) is 7.17. The van der Waals surface area contributed by atoms with Crippen LogP contribution in [-0.2, 0) is 11.4 Å². The van der Waals surface area contributed by atoms with Gasteiger partial charge in [0.15, 0.2) is 10.9 Å². The van der Waals surface area contributed by atoms with Crippen LogP contribution in [0.3, 0.4) is 0 Å². The topological polar surface area (TPSA) is 103 Å². The lowest BCUT2D eigenvalue weighted by Crippen LogP contribution is -2.19. The van der Waals surface area contributed by atoms with Gasteiger partial charge in [-0.25, -0.2) is 4.99 Å². The quantitative estimate of drug-likeness (QED) is 0.263. The van der Waals surface area contributed by atoms with Crippen molar-refractivity contribution in [3.63, 3.8) is 0 Å². The first kappa shape index (κ1) is 23.1. The maximum absolute atomic E-state index is 12.4. The molecule has 9 heteroatoms. The molecular formula is C25H21N3O5S. The molecule has 34 heavy (non-hydrogen) atoms. The number of hydrogen-bond acceptors (Lipinski definition) is 7. The number of nitrogens with one attached hydrogen (secondary N) is 1. The lowest BCUT2D eigenvalue weighted by atomic mass is 10.1. The van der Waals surface area contributed by atoms with E-state index in [0.717, 1.165) is 11.3 Å². The van der Waals surface area contributed by atoms with Gasteiger partial charge in [0, 0.05) is 6.07 Å². The second-order valence-corrected chi connectivity index (χ2v) is 8.20. The summed E-state index contributed by atoms with van der Waals surface area (Å²) in [5.41, 5.74) is 1.92. The van der Waals surface area contributed by atoms with Crippen molar-refractivity contribution >= 4 is 40.3 Å². The van der Waals surface area contributed by atoms with E-state index in [4.69, 9.17) is 9.47 Å². The average Bonchev–Trinajstić information content (AvgIpc) is 3.18. The van der Waals surface area contributed by atoms with Crippen LogP contribution in [0.25, 0.3) is 6.08 Å². The van der Waals surface area contributed by atoms with Crippen molar-refractivity contribution in [1.82, 2.24) is 5.32 Å². The number of carbonyl (C=O) groups is 1. The molecule has 1 N–H and O–H groups in total. The molecule has 0 atom stereocenters. The molecule has 8 nitrogen and oxygen atoms in total. The van der Waals surface area contributed by atoms with Crippen molar-refractivity contribution in [1.29, 1.82) is 0 Å². The summed E-state index contributed by atoms with van der Waals surface area (Å²) in [5.74, 6) is 0.590. The SMILES string of the molecule is CCOc1ccc(N=C2NC(=O)/C(=C\c3ccc(OCc4ccccc4)c([N+](=O)[O-])c3)S2)cc1. The Morgan fingerprint density at radius 1 is 1.06 bits per heavy atom. The summed E-state index contributed by atoms with van der Waals surface area (Å²) in [6.45, 7) is 2.70. The highest BCUT2D eigenvalue weighted by Crippen LogP contribution is 2.32. The molecule has 0 radical (unpaired) electrons. The van der Waals surface area contributed by atoms with Crippen LogP contribution in [0, 0.1) is 10.1 Å². The van der Waals surface area contributed by atoms with Crippen molar-refractivity contribution in [2.45, 2.75) is 13.5 Å². The number of nitro groups is 1. The largest absolute Gasteiger partial charge is 0.494 e. The fraction of sp³-hybridized carbons (Fsp3) is 0.120. The summed E-state index contributed by atoms with van der Waals surface area (Å²) in [7, 11) is 0. The number of nitrogens with zero attached hydrogens (tertiary/aromatic N) is 2. The Kier molecular flexibility index (Phi) is 7.24. The first-order chi connectivity index (χ1) is 16.5. The van der Waals surface area contributed by atoms with Gasteiger partial charge in [0.1, 0.15) is 12.4 Å². The number of aliphatic imine (C=N–C) groups is 1. The van der Waals surface area contributed by atoms with Gasteiger partial charge in [-0.15, -0.1) is 0 Å². The van der Waals surface area contributed by atoms with E-state index in [0.29, 0.717) is 27.9 Å². The zero-order valence-corrected chi connectivity index (χ0v) is 19.1. The molecule has 0 unspecified atom stereocenters. The number of ether oxygens (including phenoxy) is 2. The molecule has 0 aliphatic carbocycles. The molecular weight excluding hydrogens is 454 g/mol. The molecule has 4 rings (SSSR count). The van der Waals surface area contributed by atoms with Crippen molar-refractivity contribution < 1.29 is 19.2 Å². The third kappa shape index (κ3) is 5.81. The minimum absolute atomic E-state index is 0.164. The van der Waals surface area contributed by atoms with Crippen molar-refractivity contribution in [2.75, 3.05) is 6.61 Å². The van der Waals surface area contributed by atoms with Crippen LogP contribution in [-0.4, -0.2) is 22.6 Å². The predicted octanol–water partition coefficient (Wildman–Crippen LogP) is 5.46. The van der Waals surface area contributed by atoms with Crippen LogP contribution in [0.1, 0.15) is 18.1 Å². The number of nitro benzene ring substituents is 1. The number of amidine groups is 1. The van der Waals surface area contributed by atoms with Crippen LogP contribution in [0.15, 0.2) is 82.7 Å². The van der Waals surface area contributed by atoms with E-state index in [1.807, 2.05) is 49.4 Å². The second kappa shape index (κ2) is 10.7. The number of amides is 1. The molecule has 1 fully saturated rings. The van der Waals surface area contributed by atoms with Gasteiger partial charge in [0.25, 0.3) is 5.91 Å². The molecule has 0 saturated carbocycles. The van der Waals surface area contributed by atoms with Crippen LogP contribution in [0.4, 0.5) is 11.4 Å². The van der Waals surface area contributed by atoms with Gasteiger partial charge in [-0.1, -0.05) is 36.4 Å². The summed E-state index contributed by atoms with van der Waals surface area (Å²) in [5, 5.41) is 14.7. The summed E-state index contributed by atoms with van der Waals surface area (Å²) in [6.07, 6.45) is 1.59. The van der Waals surface area contributed by atoms with E-state index in [2.05, 4.69) is 10.3 Å². The Labute approximate surface area is 200 Å². The van der Waals surface area contributed by atoms with Crippen molar-refractivity contribution in [2.24, 2.45) is 4.99 Å². The van der Waals surface area contributed by atoms with Gasteiger partial charge in [0.05, 0.1) is 22.1 Å². The van der Waals surface area contributed by atoms with Crippen LogP contribution in [0.2, 0.25) is 0 Å². The van der Waals surface area contributed by atoms with E-state index in [9.17, 15) is 14.9 Å². The van der Waals surface area contributed by atoms with Gasteiger partial charge in [-0.3, -0.25) is 14.9 Å². The van der Waals surface area contributed by atoms with Gasteiger partial charge in [0.2, 0.25) is 0 Å². The summed E-state index contributed by atoms with van der Waals surface area (Å²) in [4.78, 5) is 28.3. The standard InChI is InChI=1S/C25H21N3O5S/c1-2-32-20-11-9-19(10-12-20)26-25-27-24(29)23(34-25)15-18-8-13-22(21(14-18)28(30)31)33-16-17-6-4-3-5-7-17/h3-15H,2,16H2,1H3,(H,26,27,29)/b23-15+. The van der Waals surface area contributed by atoms with E-state index in [1.165, 1.54) is 17.8 Å². The molecule has 1 heterocycles. The number of hydrogen-bond donors (Lipinski definition) is 1. The minimum atomic E-state index is -0.497. The minimum Gasteiger partial charge on any atom is -0.494 e. The zero-order chi connectivity index (χ0) is 23.9. The fourth-order valence-corrected chi connectivity index (χ4v) is 4.00. The van der Waals surface area contributed by atoms with Crippen molar-refractivity contribution in [3.8, 4) is 11.5 Å². The number of carbonyl (C=O) groups excluding carboxylic acids is 1. The van der Waals surface area contributed by atoms with Crippen LogP contribution >= 0.6 is 11.8 Å². The molecule has 1 amide bonds. The van der Waals surface area contributed by atoms with Crippen molar-refractivity contribution in [3.05, 3.63) is 98.9 Å². The average molecular weight is 476 g/mol. The highest BCUT2D eigenvalue weighted by molar-refractivity contribution is 8.18. The van der Waals surface area contributed by atoms with Gasteiger partial charge in [-0.2, -0.15) is 0 Å². The molecule has 1 aliphatic rings. The molecule has 1 saturated heterocycles. The normalized spacial score (nSPS) is 15.4. The third-order valence-corrected chi connectivity index (χ3v) is 5.65. The molecule has 0 bridgehead atoms. The molecule has 3 aromatic carbocycles. The number of rotatable bonds is 8. The van der Waals surface area contributed by atoms with E-state index < -0.39 is 4.92 Å². The van der Waals surface area contributed by atoms with Crippen LogP contribution < -0.4 is 14.8 Å². The lowest BCUT2D eigenvalue weighted by molar-refractivity contribution is -0.386.